The lowest BCUT2D eigenvalue weighted by molar-refractivity contribution is 0.398. The third kappa shape index (κ3) is 1.32. The predicted molar refractivity (Wildman–Crippen MR) is 76.4 cm³/mol. The van der Waals surface area contributed by atoms with E-state index >= 15 is 0 Å². The van der Waals surface area contributed by atoms with E-state index in [2.05, 4.69) is 24.3 Å². The van der Waals surface area contributed by atoms with Crippen LogP contribution in [0.5, 0.6) is 11.5 Å². The second kappa shape index (κ2) is 3.89. The Morgan fingerprint density at radius 1 is 0.842 bits per heavy atom. The van der Waals surface area contributed by atoms with Crippen molar-refractivity contribution in [3.8, 4) is 11.5 Å². The molecule has 2 aromatic rings. The first-order chi connectivity index (χ1) is 9.35. The minimum absolute atomic E-state index is 0.674. The van der Waals surface area contributed by atoms with Crippen LogP contribution in [0.2, 0.25) is 0 Å². The molecule has 4 rings (SSSR count). The van der Waals surface area contributed by atoms with Crippen molar-refractivity contribution in [2.75, 3.05) is 14.2 Å². The van der Waals surface area contributed by atoms with Gasteiger partial charge in [0.15, 0.2) is 0 Å². The maximum atomic E-state index is 5.77. The lowest BCUT2D eigenvalue weighted by Crippen LogP contribution is -2.05. The second-order valence-electron chi connectivity index (χ2n) is 5.65. The fourth-order valence-corrected chi connectivity index (χ4v) is 4.17. The third-order valence-electron chi connectivity index (χ3n) is 4.85. The maximum Gasteiger partial charge on any atom is 0.130 e. The van der Waals surface area contributed by atoms with Gasteiger partial charge in [-0.3, -0.25) is 0 Å². The van der Waals surface area contributed by atoms with E-state index in [1.165, 1.54) is 41.2 Å². The first-order valence-corrected chi connectivity index (χ1v) is 7.01. The summed E-state index contributed by atoms with van der Waals surface area (Å²) in [5, 5.41) is 2.38. The molecule has 2 heteroatoms. The van der Waals surface area contributed by atoms with Crippen LogP contribution in [0.3, 0.4) is 0 Å². The Morgan fingerprint density at radius 3 is 1.74 bits per heavy atom. The van der Waals surface area contributed by atoms with Gasteiger partial charge in [-0.05, 0) is 31.1 Å². The maximum absolute atomic E-state index is 5.77. The van der Waals surface area contributed by atoms with E-state index in [4.69, 9.17) is 9.47 Å². The summed E-state index contributed by atoms with van der Waals surface area (Å²) in [6.07, 6.45) is 3.88. The van der Waals surface area contributed by atoms with Crippen molar-refractivity contribution < 1.29 is 9.47 Å². The minimum Gasteiger partial charge on any atom is -0.496 e. The molecule has 0 unspecified atom stereocenters. The van der Waals surface area contributed by atoms with Crippen LogP contribution in [0.4, 0.5) is 0 Å². The van der Waals surface area contributed by atoms with Gasteiger partial charge in [0, 0.05) is 21.9 Å². The fourth-order valence-electron chi connectivity index (χ4n) is 4.17. The Morgan fingerprint density at radius 2 is 1.32 bits per heavy atom. The van der Waals surface area contributed by atoms with Crippen LogP contribution in [0.1, 0.15) is 42.2 Å². The van der Waals surface area contributed by atoms with Crippen LogP contribution >= 0.6 is 0 Å². The standard InChI is InChI=1S/C17H18O2/c1-18-16-12-5-3-4-6-13(12)17(19-2)15-11-8-7-10(9-11)14(15)16/h3-6,10-11H,7-9H2,1-2H3/t10-,11+. The largest absolute Gasteiger partial charge is 0.496 e. The van der Waals surface area contributed by atoms with Crippen molar-refractivity contribution in [3.05, 3.63) is 35.4 Å². The molecule has 2 aromatic carbocycles. The molecule has 2 aliphatic rings. The summed E-state index contributed by atoms with van der Waals surface area (Å²) in [6, 6.07) is 8.43. The summed E-state index contributed by atoms with van der Waals surface area (Å²) in [5.41, 5.74) is 2.85. The molecule has 0 saturated heterocycles. The molecule has 0 N–H and O–H groups in total. The van der Waals surface area contributed by atoms with E-state index in [1.807, 2.05) is 0 Å². The van der Waals surface area contributed by atoms with Gasteiger partial charge in [-0.2, -0.15) is 0 Å². The smallest absolute Gasteiger partial charge is 0.130 e. The van der Waals surface area contributed by atoms with Gasteiger partial charge in [0.2, 0.25) is 0 Å². The Kier molecular flexibility index (Phi) is 2.29. The molecular weight excluding hydrogens is 236 g/mol. The number of benzene rings is 2. The zero-order valence-corrected chi connectivity index (χ0v) is 11.4. The monoisotopic (exact) mass is 254 g/mol. The average molecular weight is 254 g/mol. The summed E-state index contributed by atoms with van der Waals surface area (Å²) in [4.78, 5) is 0. The molecule has 1 fully saturated rings. The van der Waals surface area contributed by atoms with Crippen molar-refractivity contribution in [1.82, 2.24) is 0 Å². The van der Waals surface area contributed by atoms with Crippen LogP contribution in [0, 0.1) is 0 Å². The van der Waals surface area contributed by atoms with Crippen LogP contribution < -0.4 is 9.47 Å². The summed E-state index contributed by atoms with van der Waals surface area (Å²) in [7, 11) is 3.58. The van der Waals surface area contributed by atoms with Crippen LogP contribution in [0.25, 0.3) is 10.8 Å². The fraction of sp³-hybridized carbons (Fsp3) is 0.412. The molecule has 2 aliphatic carbocycles. The van der Waals surface area contributed by atoms with Crippen molar-refractivity contribution in [3.63, 3.8) is 0 Å². The predicted octanol–water partition coefficient (Wildman–Crippen LogP) is 4.22. The van der Waals surface area contributed by atoms with Crippen molar-refractivity contribution >= 4 is 10.8 Å². The molecule has 2 atom stereocenters. The third-order valence-corrected chi connectivity index (χ3v) is 4.85. The highest BCUT2D eigenvalue weighted by molar-refractivity contribution is 5.97. The van der Waals surface area contributed by atoms with E-state index in [1.54, 1.807) is 14.2 Å². The lowest BCUT2D eigenvalue weighted by atomic mass is 9.87. The minimum atomic E-state index is 0.674. The second-order valence-corrected chi connectivity index (χ2v) is 5.65. The molecule has 0 aliphatic heterocycles. The van der Waals surface area contributed by atoms with Gasteiger partial charge < -0.3 is 9.47 Å². The number of methoxy groups -OCH3 is 2. The zero-order chi connectivity index (χ0) is 13.0. The molecule has 0 spiro atoms. The Labute approximate surface area is 113 Å². The molecule has 1 saturated carbocycles. The Hall–Kier alpha value is -1.70. The van der Waals surface area contributed by atoms with E-state index < -0.39 is 0 Å². The molecule has 19 heavy (non-hydrogen) atoms. The summed E-state index contributed by atoms with van der Waals surface area (Å²) in [6.45, 7) is 0. The number of fused-ring (bicyclic) bond motifs is 6. The first-order valence-electron chi connectivity index (χ1n) is 7.01. The molecule has 0 aromatic heterocycles. The van der Waals surface area contributed by atoms with Gasteiger partial charge in [-0.25, -0.2) is 0 Å². The summed E-state index contributed by atoms with van der Waals surface area (Å²) < 4.78 is 11.5. The van der Waals surface area contributed by atoms with Crippen molar-refractivity contribution in [2.24, 2.45) is 0 Å². The Balaban J connectivity index is 2.16. The summed E-state index contributed by atoms with van der Waals surface area (Å²) >= 11 is 0. The first kappa shape index (κ1) is 11.2. The van der Waals surface area contributed by atoms with Crippen molar-refractivity contribution in [2.45, 2.75) is 31.1 Å². The average Bonchev–Trinajstić information content (AvgIpc) is 3.06. The topological polar surface area (TPSA) is 18.5 Å². The molecule has 2 bridgehead atoms. The van der Waals surface area contributed by atoms with Gasteiger partial charge in [-0.15, -0.1) is 0 Å². The summed E-state index contributed by atoms with van der Waals surface area (Å²) in [5.74, 6) is 3.51. The van der Waals surface area contributed by atoms with Gasteiger partial charge in [0.05, 0.1) is 14.2 Å². The van der Waals surface area contributed by atoms with E-state index in [9.17, 15) is 0 Å². The SMILES string of the molecule is COc1c2c(c(OC)c3ccccc13)[C@H]1CC[C@@H]2C1. The number of rotatable bonds is 2. The molecule has 0 heterocycles. The van der Waals surface area contributed by atoms with Crippen LogP contribution in [-0.4, -0.2) is 14.2 Å². The number of ether oxygens (including phenoxy) is 2. The Bertz CT molecular complexity index is 603. The molecular formula is C17H18O2. The normalized spacial score (nSPS) is 23.7. The zero-order valence-electron chi connectivity index (χ0n) is 11.4. The number of hydrogen-bond acceptors (Lipinski definition) is 2. The molecule has 0 radical (unpaired) electrons. The van der Waals surface area contributed by atoms with Gasteiger partial charge in [0.25, 0.3) is 0 Å². The quantitative estimate of drug-likeness (QED) is 0.798. The molecule has 0 amide bonds. The van der Waals surface area contributed by atoms with Crippen molar-refractivity contribution in [1.29, 1.82) is 0 Å². The highest BCUT2D eigenvalue weighted by atomic mass is 16.5. The van der Waals surface area contributed by atoms with Gasteiger partial charge >= 0.3 is 0 Å². The molecule has 98 valence electrons. The highest BCUT2D eigenvalue weighted by Crippen LogP contribution is 2.60. The number of hydrogen-bond donors (Lipinski definition) is 0. The lowest BCUT2D eigenvalue weighted by Gasteiger charge is -2.23. The molecule has 2 nitrogen and oxygen atoms in total. The van der Waals surface area contributed by atoms with Crippen LogP contribution in [0.15, 0.2) is 24.3 Å². The van der Waals surface area contributed by atoms with Gasteiger partial charge in [0.1, 0.15) is 11.5 Å². The van der Waals surface area contributed by atoms with Crippen LogP contribution in [-0.2, 0) is 0 Å². The highest BCUT2D eigenvalue weighted by Gasteiger charge is 2.42. The van der Waals surface area contributed by atoms with E-state index in [-0.39, 0.29) is 0 Å². The van der Waals surface area contributed by atoms with E-state index in [0.29, 0.717) is 11.8 Å². The van der Waals surface area contributed by atoms with Gasteiger partial charge in [-0.1, -0.05) is 24.3 Å². The van der Waals surface area contributed by atoms with E-state index in [0.717, 1.165) is 11.5 Å².